The van der Waals surface area contributed by atoms with Crippen LogP contribution in [-0.4, -0.2) is 31.6 Å². The minimum absolute atomic E-state index is 0.0478. The van der Waals surface area contributed by atoms with Crippen LogP contribution >= 0.6 is 0 Å². The van der Waals surface area contributed by atoms with Crippen LogP contribution in [0.2, 0.25) is 0 Å². The Morgan fingerprint density at radius 2 is 1.80 bits per heavy atom. The summed E-state index contributed by atoms with van der Waals surface area (Å²) in [5.41, 5.74) is 2.96. The Morgan fingerprint density at radius 3 is 2.52 bits per heavy atom. The van der Waals surface area contributed by atoms with Gasteiger partial charge in [-0.05, 0) is 24.0 Å². The van der Waals surface area contributed by atoms with E-state index < -0.39 is 0 Å². The lowest BCUT2D eigenvalue weighted by atomic mass is 10.1. The van der Waals surface area contributed by atoms with Crippen LogP contribution in [0.1, 0.15) is 18.1 Å². The number of imidazole rings is 1. The van der Waals surface area contributed by atoms with Gasteiger partial charge in [-0.2, -0.15) is 0 Å². The van der Waals surface area contributed by atoms with E-state index in [-0.39, 0.29) is 18.0 Å². The van der Waals surface area contributed by atoms with Crippen molar-refractivity contribution < 1.29 is 4.79 Å². The molecular formula is C18H21N5O2. The second-order valence-electron chi connectivity index (χ2n) is 5.98. The second-order valence-corrected chi connectivity index (χ2v) is 5.98. The van der Waals surface area contributed by atoms with Gasteiger partial charge >= 0.3 is 0 Å². The number of nitrogens with zero attached hydrogens (tertiary/aromatic N) is 4. The van der Waals surface area contributed by atoms with Crippen molar-refractivity contribution in [2.24, 2.45) is 7.05 Å². The number of rotatable bonds is 6. The first-order valence-corrected chi connectivity index (χ1v) is 8.29. The van der Waals surface area contributed by atoms with E-state index in [9.17, 15) is 9.59 Å². The Morgan fingerprint density at radius 1 is 1.12 bits per heavy atom. The maximum atomic E-state index is 12.2. The van der Waals surface area contributed by atoms with Crippen molar-refractivity contribution in [3.8, 4) is 0 Å². The highest BCUT2D eigenvalue weighted by molar-refractivity contribution is 5.78. The Kier molecular flexibility index (Phi) is 4.92. The van der Waals surface area contributed by atoms with Gasteiger partial charge in [-0.1, -0.05) is 31.2 Å². The molecule has 130 valence electrons. The SMILES string of the molecule is CCc1ccc(CCNC(=O)Cn2cnc3ncn(C)c(=O)c32)cc1. The molecule has 7 nitrogen and oxygen atoms in total. The molecule has 0 aliphatic rings. The largest absolute Gasteiger partial charge is 0.354 e. The molecular weight excluding hydrogens is 318 g/mol. The summed E-state index contributed by atoms with van der Waals surface area (Å²) >= 11 is 0. The van der Waals surface area contributed by atoms with Gasteiger partial charge in [-0.15, -0.1) is 0 Å². The molecule has 0 fully saturated rings. The fourth-order valence-corrected chi connectivity index (χ4v) is 2.66. The van der Waals surface area contributed by atoms with E-state index >= 15 is 0 Å². The third-order valence-corrected chi connectivity index (χ3v) is 4.18. The molecule has 0 saturated carbocycles. The fourth-order valence-electron chi connectivity index (χ4n) is 2.66. The molecule has 1 aromatic carbocycles. The Hall–Kier alpha value is -2.96. The summed E-state index contributed by atoms with van der Waals surface area (Å²) in [7, 11) is 1.62. The van der Waals surface area contributed by atoms with E-state index in [2.05, 4.69) is 46.5 Å². The summed E-state index contributed by atoms with van der Waals surface area (Å²) in [5.74, 6) is -0.157. The summed E-state index contributed by atoms with van der Waals surface area (Å²) in [6.07, 6.45) is 4.68. The van der Waals surface area contributed by atoms with E-state index in [1.807, 2.05) is 0 Å². The Labute approximate surface area is 145 Å². The van der Waals surface area contributed by atoms with Crippen molar-refractivity contribution in [3.05, 3.63) is 58.4 Å². The van der Waals surface area contributed by atoms with Crippen LogP contribution < -0.4 is 10.9 Å². The molecule has 1 amide bonds. The van der Waals surface area contributed by atoms with Crippen molar-refractivity contribution in [3.63, 3.8) is 0 Å². The molecule has 0 radical (unpaired) electrons. The summed E-state index contributed by atoms with van der Waals surface area (Å²) in [6.45, 7) is 2.72. The quantitative estimate of drug-likeness (QED) is 0.728. The van der Waals surface area contributed by atoms with Gasteiger partial charge in [0.2, 0.25) is 5.91 Å². The van der Waals surface area contributed by atoms with Gasteiger partial charge in [0, 0.05) is 13.6 Å². The average molecular weight is 339 g/mol. The zero-order valence-electron chi connectivity index (χ0n) is 14.4. The fraction of sp³-hybridized carbons (Fsp3) is 0.333. The van der Waals surface area contributed by atoms with Gasteiger partial charge in [0.25, 0.3) is 5.56 Å². The molecule has 0 saturated heterocycles. The molecule has 25 heavy (non-hydrogen) atoms. The first-order valence-electron chi connectivity index (χ1n) is 8.29. The van der Waals surface area contributed by atoms with Crippen molar-refractivity contribution >= 4 is 17.1 Å². The molecule has 0 unspecified atom stereocenters. The summed E-state index contributed by atoms with van der Waals surface area (Å²) in [5, 5.41) is 2.88. The van der Waals surface area contributed by atoms with Crippen molar-refractivity contribution in [1.82, 2.24) is 24.4 Å². The number of hydrogen-bond donors (Lipinski definition) is 1. The molecule has 0 bridgehead atoms. The van der Waals surface area contributed by atoms with E-state index in [4.69, 9.17) is 0 Å². The highest BCUT2D eigenvalue weighted by Crippen LogP contribution is 2.06. The molecule has 0 atom stereocenters. The standard InChI is InChI=1S/C18H21N5O2/c1-3-13-4-6-14(7-5-13)8-9-19-15(24)10-23-12-21-17-16(23)18(25)22(2)11-20-17/h4-7,11-12H,3,8-10H2,1-2H3,(H,19,24). The van der Waals surface area contributed by atoms with Gasteiger partial charge in [0.15, 0.2) is 11.2 Å². The molecule has 0 spiro atoms. The van der Waals surface area contributed by atoms with Crippen molar-refractivity contribution in [2.75, 3.05) is 6.54 Å². The number of hydrogen-bond acceptors (Lipinski definition) is 4. The van der Waals surface area contributed by atoms with Gasteiger partial charge in [-0.3, -0.25) is 9.59 Å². The van der Waals surface area contributed by atoms with Gasteiger partial charge < -0.3 is 14.5 Å². The molecule has 0 aliphatic carbocycles. The predicted octanol–water partition coefficient (Wildman–Crippen LogP) is 1.05. The number of nitrogens with one attached hydrogen (secondary N) is 1. The van der Waals surface area contributed by atoms with Crippen molar-refractivity contribution in [2.45, 2.75) is 26.3 Å². The highest BCUT2D eigenvalue weighted by Gasteiger charge is 2.12. The number of aryl methyl sites for hydroxylation is 2. The first kappa shape index (κ1) is 16.9. The van der Waals surface area contributed by atoms with Crippen LogP contribution in [0.4, 0.5) is 0 Å². The third kappa shape index (κ3) is 3.76. The molecule has 3 aromatic rings. The molecule has 7 heteroatoms. The van der Waals surface area contributed by atoms with Crippen LogP contribution in [0.5, 0.6) is 0 Å². The van der Waals surface area contributed by atoms with E-state index in [1.165, 1.54) is 32.9 Å². The van der Waals surface area contributed by atoms with Gasteiger partial charge in [0.1, 0.15) is 6.54 Å². The first-order chi connectivity index (χ1) is 12.1. The molecule has 0 aliphatic heterocycles. The van der Waals surface area contributed by atoms with Gasteiger partial charge in [0.05, 0.1) is 12.7 Å². The number of aromatic nitrogens is 4. The summed E-state index contributed by atoms with van der Waals surface area (Å²) in [4.78, 5) is 32.5. The van der Waals surface area contributed by atoms with E-state index in [0.29, 0.717) is 17.7 Å². The third-order valence-electron chi connectivity index (χ3n) is 4.18. The van der Waals surface area contributed by atoms with Crippen LogP contribution in [0.3, 0.4) is 0 Å². The number of carbonyl (C=O) groups excluding carboxylic acids is 1. The van der Waals surface area contributed by atoms with E-state index in [1.54, 1.807) is 7.05 Å². The molecule has 2 heterocycles. The lowest BCUT2D eigenvalue weighted by molar-refractivity contribution is -0.121. The molecule has 2 aromatic heterocycles. The lowest BCUT2D eigenvalue weighted by Gasteiger charge is -2.07. The van der Waals surface area contributed by atoms with Gasteiger partial charge in [-0.25, -0.2) is 9.97 Å². The summed E-state index contributed by atoms with van der Waals surface area (Å²) < 4.78 is 2.91. The number of benzene rings is 1. The van der Waals surface area contributed by atoms with Crippen LogP contribution in [0.15, 0.2) is 41.7 Å². The smallest absolute Gasteiger partial charge is 0.279 e. The predicted molar refractivity (Wildman–Crippen MR) is 95.3 cm³/mol. The van der Waals surface area contributed by atoms with Crippen LogP contribution in [0.25, 0.3) is 11.2 Å². The Balaban J connectivity index is 1.59. The number of amides is 1. The molecule has 3 rings (SSSR count). The monoisotopic (exact) mass is 339 g/mol. The topological polar surface area (TPSA) is 81.8 Å². The lowest BCUT2D eigenvalue weighted by Crippen LogP contribution is -2.30. The van der Waals surface area contributed by atoms with Crippen LogP contribution in [-0.2, 0) is 31.2 Å². The normalized spacial score (nSPS) is 11.0. The number of carbonyl (C=O) groups is 1. The minimum atomic E-state index is -0.216. The maximum Gasteiger partial charge on any atom is 0.279 e. The maximum absolute atomic E-state index is 12.2. The van der Waals surface area contributed by atoms with Crippen LogP contribution in [0, 0.1) is 0 Å². The average Bonchev–Trinajstić information content (AvgIpc) is 3.02. The molecule has 1 N–H and O–H groups in total. The zero-order chi connectivity index (χ0) is 17.8. The van der Waals surface area contributed by atoms with Crippen molar-refractivity contribution in [1.29, 1.82) is 0 Å². The van der Waals surface area contributed by atoms with E-state index in [0.717, 1.165) is 12.8 Å². The number of fused-ring (bicyclic) bond motifs is 1. The zero-order valence-corrected chi connectivity index (χ0v) is 14.4. The summed E-state index contributed by atoms with van der Waals surface area (Å²) in [6, 6.07) is 8.39. The minimum Gasteiger partial charge on any atom is -0.354 e. The Bertz CT molecular complexity index is 940. The highest BCUT2D eigenvalue weighted by atomic mass is 16.2. The second kappa shape index (κ2) is 7.29.